The van der Waals surface area contributed by atoms with Crippen LogP contribution >= 0.6 is 0 Å². The van der Waals surface area contributed by atoms with Gasteiger partial charge in [-0.25, -0.2) is 0 Å². The van der Waals surface area contributed by atoms with Crippen molar-refractivity contribution in [2.45, 2.75) is 0 Å². The van der Waals surface area contributed by atoms with Crippen LogP contribution in [0.15, 0.2) is 0 Å². The van der Waals surface area contributed by atoms with Gasteiger partial charge in [0, 0.05) is 0 Å². The molecule has 10 heavy (non-hydrogen) atoms. The maximum Gasteiger partial charge on any atom is 1.00 e. The van der Waals surface area contributed by atoms with E-state index in [-0.39, 0.29) is 59.1 Å². The van der Waals surface area contributed by atoms with Crippen LogP contribution in [0.4, 0.5) is 0 Å². The van der Waals surface area contributed by atoms with Gasteiger partial charge in [-0.15, -0.1) is 10.1 Å². The van der Waals surface area contributed by atoms with E-state index in [4.69, 9.17) is 27.5 Å². The van der Waals surface area contributed by atoms with Crippen molar-refractivity contribution in [3.8, 4) is 0 Å². The van der Waals surface area contributed by atoms with Crippen molar-refractivity contribution in [2.75, 3.05) is 0 Å². The minimum atomic E-state index is -3.79. The molecule has 0 aliphatic heterocycles. The largest absolute Gasteiger partial charge is 1.00 e. The summed E-state index contributed by atoms with van der Waals surface area (Å²) in [7, 11) is 0. The van der Waals surface area contributed by atoms with Crippen LogP contribution in [0.2, 0.25) is 0 Å². The molecule has 0 saturated heterocycles. The SMILES string of the molecule is O=[N+]([O-])O.O=[Se]([O-])[O-].[Na+].[Na+]. The summed E-state index contributed by atoms with van der Waals surface area (Å²) < 4.78 is 25.6. The standard InChI is InChI=1S/HNO3.2Na.H2O3Se/c2-1(3)4;;;1-4(2)3/h(H,2,3,4);;;(H2,1,2,3)/q;2*+1;/p-2. The Balaban J connectivity index is -0.0000000300. The molecule has 0 saturated carbocycles. The van der Waals surface area contributed by atoms with Crippen molar-refractivity contribution >= 4 is 14.5 Å². The molecule has 0 atom stereocenters. The van der Waals surface area contributed by atoms with Gasteiger partial charge >= 0.3 is 85.8 Å². The summed E-state index contributed by atoms with van der Waals surface area (Å²) in [6.07, 6.45) is 0. The molecule has 0 rings (SSSR count). The van der Waals surface area contributed by atoms with Gasteiger partial charge in [0.05, 0.1) is 0 Å². The van der Waals surface area contributed by atoms with Crippen LogP contribution in [0.25, 0.3) is 0 Å². The predicted molar refractivity (Wildman–Crippen MR) is 15.2 cm³/mol. The van der Waals surface area contributed by atoms with E-state index in [0.717, 1.165) is 0 Å². The Morgan fingerprint density at radius 1 is 1.30 bits per heavy atom. The fourth-order valence-electron chi connectivity index (χ4n) is 0. The van der Waals surface area contributed by atoms with Gasteiger partial charge in [0.2, 0.25) is 0 Å². The van der Waals surface area contributed by atoms with E-state index in [2.05, 4.69) is 0 Å². The first-order valence-electron chi connectivity index (χ1n) is 1.07. The Hall–Kier alpha value is 1.44. The van der Waals surface area contributed by atoms with E-state index in [1.807, 2.05) is 0 Å². The van der Waals surface area contributed by atoms with E-state index in [1.54, 1.807) is 0 Å². The molecule has 0 aliphatic rings. The minimum Gasteiger partial charge on any atom is 1.00 e. The molecule has 0 bridgehead atoms. The smallest absolute Gasteiger partial charge is 1.00 e. The molecule has 0 aromatic heterocycles. The molecule has 50 valence electrons. The first-order chi connectivity index (χ1) is 3.46. The molecule has 0 aromatic carbocycles. The third kappa shape index (κ3) is 324. The second kappa shape index (κ2) is 16.8. The topological polar surface area (TPSA) is 127 Å². The molecule has 0 fully saturated rings. The van der Waals surface area contributed by atoms with E-state index < -0.39 is 19.6 Å². The number of rotatable bonds is 0. The number of hydrogen-bond donors (Lipinski definition) is 1. The molecule has 0 aliphatic carbocycles. The summed E-state index contributed by atoms with van der Waals surface area (Å²) in [5, 5.41) is 13.6. The molecular weight excluding hydrogens is 235 g/mol. The molecule has 0 aromatic rings. The van der Waals surface area contributed by atoms with Gasteiger partial charge in [-0.3, -0.25) is 0 Å². The molecular formula is HNNa2O6Se. The maximum atomic E-state index is 8.54. The van der Waals surface area contributed by atoms with Crippen LogP contribution in [-0.2, 0) is 3.83 Å². The molecule has 0 unspecified atom stereocenters. The maximum absolute atomic E-state index is 8.54. The van der Waals surface area contributed by atoms with E-state index in [1.165, 1.54) is 0 Å². The summed E-state index contributed by atoms with van der Waals surface area (Å²) >= 11 is -3.79. The van der Waals surface area contributed by atoms with Crippen molar-refractivity contribution in [3.05, 3.63) is 10.1 Å². The first-order valence-corrected chi connectivity index (χ1v) is 3.16. The second-order valence-electron chi connectivity index (χ2n) is 0.442. The minimum absolute atomic E-state index is 0. The summed E-state index contributed by atoms with van der Waals surface area (Å²) in [5.74, 6) is 0. The second-order valence-corrected chi connectivity index (χ2v) is 1.30. The van der Waals surface area contributed by atoms with Crippen molar-refractivity contribution in [1.82, 2.24) is 0 Å². The van der Waals surface area contributed by atoms with Crippen LogP contribution in [0.5, 0.6) is 0 Å². The van der Waals surface area contributed by atoms with Crippen LogP contribution in [0, 0.1) is 10.1 Å². The van der Waals surface area contributed by atoms with E-state index in [9.17, 15) is 0 Å². The first kappa shape index (κ1) is 22.5. The summed E-state index contributed by atoms with van der Waals surface area (Å²) in [4.78, 5) is 8.36. The Morgan fingerprint density at radius 2 is 1.30 bits per heavy atom. The summed E-state index contributed by atoms with van der Waals surface area (Å²) in [6, 6.07) is 0. The van der Waals surface area contributed by atoms with Gasteiger partial charge in [-0.2, -0.15) is 0 Å². The van der Waals surface area contributed by atoms with Crippen LogP contribution in [-0.4, -0.2) is 24.8 Å². The molecule has 0 spiro atoms. The molecule has 10 heteroatoms. The zero-order valence-corrected chi connectivity index (χ0v) is 11.1. The van der Waals surface area contributed by atoms with Crippen molar-refractivity contribution in [3.63, 3.8) is 0 Å². The third-order valence-corrected chi connectivity index (χ3v) is 0. The van der Waals surface area contributed by atoms with Gasteiger partial charge in [-0.1, -0.05) is 0 Å². The van der Waals surface area contributed by atoms with Crippen molar-refractivity contribution < 1.29 is 81.6 Å². The fourth-order valence-corrected chi connectivity index (χ4v) is 0. The van der Waals surface area contributed by atoms with E-state index >= 15 is 0 Å². The zero-order valence-electron chi connectivity index (χ0n) is 5.34. The van der Waals surface area contributed by atoms with Crippen LogP contribution in [0.3, 0.4) is 0 Å². The Bertz CT molecular complexity index is 73.7. The quantitative estimate of drug-likeness (QED) is 0.252. The van der Waals surface area contributed by atoms with Gasteiger partial charge in [0.1, 0.15) is 0 Å². The normalized spacial score (nSPS) is 5.90. The summed E-state index contributed by atoms with van der Waals surface area (Å²) in [5.41, 5.74) is 0. The third-order valence-electron chi connectivity index (χ3n) is 0. The Labute approximate surface area is 105 Å². The van der Waals surface area contributed by atoms with Crippen LogP contribution < -0.4 is 67.5 Å². The molecule has 0 heterocycles. The predicted octanol–water partition coefficient (Wildman–Crippen LogP) is -9.22. The van der Waals surface area contributed by atoms with Crippen molar-refractivity contribution in [1.29, 1.82) is 0 Å². The van der Waals surface area contributed by atoms with Crippen molar-refractivity contribution in [2.24, 2.45) is 0 Å². The monoisotopic (exact) mass is 237 g/mol. The average molecular weight is 236 g/mol. The number of nitrogens with zero attached hydrogens (tertiary/aromatic N) is 1. The van der Waals surface area contributed by atoms with Gasteiger partial charge in [0.25, 0.3) is 5.09 Å². The fraction of sp³-hybridized carbons (Fsp3) is 0. The average Bonchev–Trinajstić information content (AvgIpc) is 1.25. The Morgan fingerprint density at radius 3 is 1.30 bits per heavy atom. The van der Waals surface area contributed by atoms with Gasteiger partial charge in [-0.05, 0) is 0 Å². The van der Waals surface area contributed by atoms with E-state index in [0.29, 0.717) is 0 Å². The molecule has 0 radical (unpaired) electrons. The van der Waals surface area contributed by atoms with Gasteiger partial charge in [0.15, 0.2) is 0 Å². The Kier molecular flexibility index (Phi) is 37.9. The molecule has 0 amide bonds. The number of hydrogen-bond acceptors (Lipinski definition) is 5. The van der Waals surface area contributed by atoms with Gasteiger partial charge < -0.3 is 5.21 Å². The molecule has 1 N–H and O–H groups in total. The molecule has 7 nitrogen and oxygen atoms in total. The van der Waals surface area contributed by atoms with Crippen LogP contribution in [0.1, 0.15) is 0 Å². The zero-order chi connectivity index (χ0) is 7.15. The summed E-state index contributed by atoms with van der Waals surface area (Å²) in [6.45, 7) is 0.